The van der Waals surface area contributed by atoms with E-state index in [1.807, 2.05) is 13.0 Å². The molecule has 0 spiro atoms. The summed E-state index contributed by atoms with van der Waals surface area (Å²) in [5.74, 6) is -0.434. The van der Waals surface area contributed by atoms with Crippen LogP contribution in [0.15, 0.2) is 36.5 Å². The Bertz CT molecular complexity index is 545. The van der Waals surface area contributed by atoms with Gasteiger partial charge in [-0.15, -0.1) is 0 Å². The second-order valence-electron chi connectivity index (χ2n) is 3.83. The zero-order valence-electron chi connectivity index (χ0n) is 9.19. The first-order valence-corrected chi connectivity index (χ1v) is 5.51. The molecule has 2 nitrogen and oxygen atoms in total. The monoisotopic (exact) mass is 251 g/mol. The van der Waals surface area contributed by atoms with Crippen LogP contribution in [-0.4, -0.2) is 10.1 Å². The first-order chi connectivity index (χ1) is 8.08. The smallest absolute Gasteiger partial charge is 0.123 e. The Kier molecular flexibility index (Phi) is 3.41. The molecule has 88 valence electrons. The van der Waals surface area contributed by atoms with Gasteiger partial charge in [0.1, 0.15) is 11.9 Å². The summed E-state index contributed by atoms with van der Waals surface area (Å²) in [7, 11) is 0. The summed E-state index contributed by atoms with van der Waals surface area (Å²) in [6, 6.07) is 7.46. The van der Waals surface area contributed by atoms with Gasteiger partial charge in [-0.2, -0.15) is 0 Å². The molecular formula is C13H11ClFNO. The molecule has 2 aromatic rings. The number of pyridine rings is 1. The van der Waals surface area contributed by atoms with Gasteiger partial charge in [-0.25, -0.2) is 4.39 Å². The average Bonchev–Trinajstić information content (AvgIpc) is 2.31. The highest BCUT2D eigenvalue weighted by Crippen LogP contribution is 2.28. The van der Waals surface area contributed by atoms with E-state index in [9.17, 15) is 9.50 Å². The Morgan fingerprint density at radius 1 is 1.29 bits per heavy atom. The van der Waals surface area contributed by atoms with E-state index < -0.39 is 11.9 Å². The molecule has 4 heteroatoms. The van der Waals surface area contributed by atoms with Gasteiger partial charge in [-0.3, -0.25) is 4.98 Å². The van der Waals surface area contributed by atoms with Crippen LogP contribution >= 0.6 is 11.6 Å². The maximum absolute atomic E-state index is 13.1. The van der Waals surface area contributed by atoms with Crippen LogP contribution < -0.4 is 0 Å². The first-order valence-electron chi connectivity index (χ1n) is 5.13. The van der Waals surface area contributed by atoms with Gasteiger partial charge in [0.2, 0.25) is 0 Å². The van der Waals surface area contributed by atoms with Crippen molar-refractivity contribution in [3.8, 4) is 0 Å². The summed E-state index contributed by atoms with van der Waals surface area (Å²) in [4.78, 5) is 4.06. The van der Waals surface area contributed by atoms with E-state index in [-0.39, 0.29) is 0 Å². The molecule has 0 amide bonds. The lowest BCUT2D eigenvalue weighted by Crippen LogP contribution is -2.03. The van der Waals surface area contributed by atoms with E-state index >= 15 is 0 Å². The number of aryl methyl sites for hydroxylation is 1. The molecule has 0 aliphatic heterocycles. The minimum Gasteiger partial charge on any atom is -0.382 e. The van der Waals surface area contributed by atoms with Gasteiger partial charge < -0.3 is 5.11 Å². The van der Waals surface area contributed by atoms with Gasteiger partial charge in [0.15, 0.2) is 0 Å². The van der Waals surface area contributed by atoms with Crippen molar-refractivity contribution >= 4 is 11.6 Å². The van der Waals surface area contributed by atoms with Gasteiger partial charge in [0.25, 0.3) is 0 Å². The normalized spacial score (nSPS) is 12.5. The molecule has 0 bridgehead atoms. The van der Waals surface area contributed by atoms with Crippen molar-refractivity contribution in [1.29, 1.82) is 0 Å². The number of aliphatic hydroxyl groups excluding tert-OH is 1. The summed E-state index contributed by atoms with van der Waals surface area (Å²) < 4.78 is 13.1. The highest BCUT2D eigenvalue weighted by atomic mass is 35.5. The topological polar surface area (TPSA) is 33.1 Å². The van der Waals surface area contributed by atoms with Crippen LogP contribution in [0.25, 0.3) is 0 Å². The van der Waals surface area contributed by atoms with Crippen molar-refractivity contribution in [2.24, 2.45) is 0 Å². The summed E-state index contributed by atoms with van der Waals surface area (Å²) in [5.41, 5.74) is 1.75. The summed E-state index contributed by atoms with van der Waals surface area (Å²) >= 11 is 5.93. The largest absolute Gasteiger partial charge is 0.382 e. The van der Waals surface area contributed by atoms with Gasteiger partial charge in [-0.1, -0.05) is 11.6 Å². The molecule has 17 heavy (non-hydrogen) atoms. The van der Waals surface area contributed by atoms with E-state index in [0.717, 1.165) is 5.56 Å². The summed E-state index contributed by atoms with van der Waals surface area (Å²) in [6.07, 6.45) is 0.583. The fourth-order valence-corrected chi connectivity index (χ4v) is 1.81. The van der Waals surface area contributed by atoms with Crippen LogP contribution in [0.2, 0.25) is 5.02 Å². The number of aromatic nitrogens is 1. The number of halogens is 2. The van der Waals surface area contributed by atoms with Crippen LogP contribution in [0.1, 0.15) is 22.9 Å². The van der Waals surface area contributed by atoms with Crippen LogP contribution in [0.4, 0.5) is 4.39 Å². The van der Waals surface area contributed by atoms with Gasteiger partial charge in [-0.05, 0) is 42.8 Å². The number of nitrogens with zero attached hydrogens (tertiary/aromatic N) is 1. The molecular weight excluding hydrogens is 241 g/mol. The predicted molar refractivity (Wildman–Crippen MR) is 64.4 cm³/mol. The van der Waals surface area contributed by atoms with Gasteiger partial charge >= 0.3 is 0 Å². The summed E-state index contributed by atoms with van der Waals surface area (Å²) in [6.45, 7) is 1.89. The van der Waals surface area contributed by atoms with E-state index in [4.69, 9.17) is 11.6 Å². The highest BCUT2D eigenvalue weighted by Gasteiger charge is 2.16. The zero-order valence-corrected chi connectivity index (χ0v) is 9.95. The third-order valence-electron chi connectivity index (χ3n) is 2.47. The predicted octanol–water partition coefficient (Wildman–Crippen LogP) is 3.26. The minimum absolute atomic E-state index is 0.321. The fraction of sp³-hybridized carbons (Fsp3) is 0.154. The third kappa shape index (κ3) is 2.62. The number of aliphatic hydroxyl groups is 1. The van der Waals surface area contributed by atoms with Gasteiger partial charge in [0.05, 0.1) is 5.69 Å². The lowest BCUT2D eigenvalue weighted by Gasteiger charge is -2.12. The van der Waals surface area contributed by atoms with E-state index in [0.29, 0.717) is 16.3 Å². The van der Waals surface area contributed by atoms with Crippen molar-refractivity contribution < 1.29 is 9.50 Å². The number of hydrogen-bond acceptors (Lipinski definition) is 2. The van der Waals surface area contributed by atoms with E-state index in [2.05, 4.69) is 4.98 Å². The van der Waals surface area contributed by atoms with Crippen molar-refractivity contribution in [2.45, 2.75) is 13.0 Å². The molecule has 0 fully saturated rings. The van der Waals surface area contributed by atoms with E-state index in [1.165, 1.54) is 18.2 Å². The second kappa shape index (κ2) is 4.82. The standard InChI is InChI=1S/C13H11ClFNO/c1-8-4-5-16-12(6-8)13(17)10-7-9(15)2-3-11(10)14/h2-7,13,17H,1H3. The Hall–Kier alpha value is -1.45. The Labute approximate surface area is 104 Å². The fourth-order valence-electron chi connectivity index (χ4n) is 1.59. The van der Waals surface area contributed by atoms with Crippen LogP contribution in [0.3, 0.4) is 0 Å². The average molecular weight is 252 g/mol. The van der Waals surface area contributed by atoms with Crippen LogP contribution in [-0.2, 0) is 0 Å². The lowest BCUT2D eigenvalue weighted by molar-refractivity contribution is 0.215. The molecule has 1 aromatic heterocycles. The molecule has 0 saturated heterocycles. The molecule has 0 radical (unpaired) electrons. The molecule has 1 unspecified atom stereocenters. The SMILES string of the molecule is Cc1ccnc(C(O)c2cc(F)ccc2Cl)c1. The van der Waals surface area contributed by atoms with Crippen molar-refractivity contribution in [2.75, 3.05) is 0 Å². The molecule has 1 atom stereocenters. The maximum Gasteiger partial charge on any atom is 0.123 e. The first kappa shape index (κ1) is 12.0. The Morgan fingerprint density at radius 2 is 2.06 bits per heavy atom. The molecule has 0 saturated carbocycles. The molecule has 0 aliphatic rings. The Balaban J connectivity index is 2.43. The second-order valence-corrected chi connectivity index (χ2v) is 4.23. The van der Waals surface area contributed by atoms with Crippen LogP contribution in [0.5, 0.6) is 0 Å². The molecule has 1 N–H and O–H groups in total. The lowest BCUT2D eigenvalue weighted by atomic mass is 10.0. The molecule has 0 aliphatic carbocycles. The summed E-state index contributed by atoms with van der Waals surface area (Å²) in [5, 5.41) is 10.4. The third-order valence-corrected chi connectivity index (χ3v) is 2.81. The van der Waals surface area contributed by atoms with Crippen LogP contribution in [0, 0.1) is 12.7 Å². The minimum atomic E-state index is -1.02. The highest BCUT2D eigenvalue weighted by molar-refractivity contribution is 6.31. The number of rotatable bonds is 2. The number of hydrogen-bond donors (Lipinski definition) is 1. The van der Waals surface area contributed by atoms with Crippen molar-refractivity contribution in [3.05, 3.63) is 64.2 Å². The molecule has 2 rings (SSSR count). The number of benzene rings is 1. The Morgan fingerprint density at radius 3 is 2.76 bits per heavy atom. The van der Waals surface area contributed by atoms with Crippen molar-refractivity contribution in [1.82, 2.24) is 4.98 Å². The van der Waals surface area contributed by atoms with Gasteiger partial charge in [0, 0.05) is 16.8 Å². The molecule has 1 aromatic carbocycles. The quantitative estimate of drug-likeness (QED) is 0.889. The van der Waals surface area contributed by atoms with E-state index in [1.54, 1.807) is 12.3 Å². The zero-order chi connectivity index (χ0) is 12.4. The molecule has 1 heterocycles. The van der Waals surface area contributed by atoms with Crippen molar-refractivity contribution in [3.63, 3.8) is 0 Å². The maximum atomic E-state index is 13.1.